The van der Waals surface area contributed by atoms with Crippen LogP contribution in [0.1, 0.15) is 5.56 Å². The van der Waals surface area contributed by atoms with E-state index in [1.54, 1.807) is 6.08 Å². The summed E-state index contributed by atoms with van der Waals surface area (Å²) in [7, 11) is -0.725. The van der Waals surface area contributed by atoms with E-state index >= 15 is 0 Å². The first kappa shape index (κ1) is 17.4. The van der Waals surface area contributed by atoms with Crippen molar-refractivity contribution in [1.82, 2.24) is 8.61 Å². The molecule has 124 valence electrons. The number of ether oxygens (including phenoxy) is 1. The standard InChI is InChI=1S/C16H20N2O4S/c1-17-12-15(8-9-16(19)22-2)10-11-18(23(17,20)21)13-14-6-4-3-5-7-14/h3-10H,11-13H2,1-2H3/b9-8+. The van der Waals surface area contributed by atoms with Crippen LogP contribution in [-0.2, 0) is 26.3 Å². The molecule has 0 aliphatic carbocycles. The van der Waals surface area contributed by atoms with E-state index in [-0.39, 0.29) is 13.1 Å². The minimum Gasteiger partial charge on any atom is -0.466 e. The molecule has 1 aliphatic rings. The van der Waals surface area contributed by atoms with Gasteiger partial charge in [0, 0.05) is 32.8 Å². The van der Waals surface area contributed by atoms with Crippen molar-refractivity contribution in [1.29, 1.82) is 0 Å². The summed E-state index contributed by atoms with van der Waals surface area (Å²) in [5.41, 5.74) is 1.67. The number of hydrogen-bond donors (Lipinski definition) is 0. The quantitative estimate of drug-likeness (QED) is 0.615. The molecule has 0 saturated carbocycles. The van der Waals surface area contributed by atoms with Gasteiger partial charge in [-0.05, 0) is 11.1 Å². The first-order valence-electron chi connectivity index (χ1n) is 7.14. The minimum absolute atomic E-state index is 0.209. The third-order valence-electron chi connectivity index (χ3n) is 3.52. The maximum absolute atomic E-state index is 12.6. The molecule has 1 aromatic rings. The minimum atomic E-state index is -3.55. The fourth-order valence-corrected chi connectivity index (χ4v) is 3.49. The fraction of sp³-hybridized carbons (Fsp3) is 0.312. The van der Waals surface area contributed by atoms with Crippen LogP contribution < -0.4 is 0 Å². The molecule has 1 aliphatic heterocycles. The SMILES string of the molecule is COC(=O)/C=C/C1=CCN(Cc2ccccc2)S(=O)(=O)N(C)C1. The van der Waals surface area contributed by atoms with E-state index in [4.69, 9.17) is 0 Å². The largest absolute Gasteiger partial charge is 0.466 e. The molecule has 6 nitrogen and oxygen atoms in total. The molecule has 0 amide bonds. The summed E-state index contributed by atoms with van der Waals surface area (Å²) in [4.78, 5) is 11.2. The lowest BCUT2D eigenvalue weighted by Gasteiger charge is -2.24. The Morgan fingerprint density at radius 2 is 2.00 bits per heavy atom. The van der Waals surface area contributed by atoms with Crippen molar-refractivity contribution in [2.24, 2.45) is 0 Å². The van der Waals surface area contributed by atoms with Crippen molar-refractivity contribution >= 4 is 16.2 Å². The zero-order valence-electron chi connectivity index (χ0n) is 13.2. The monoisotopic (exact) mass is 336 g/mol. The van der Waals surface area contributed by atoms with Gasteiger partial charge in [0.2, 0.25) is 0 Å². The molecule has 1 heterocycles. The summed E-state index contributed by atoms with van der Waals surface area (Å²) in [6, 6.07) is 9.43. The van der Waals surface area contributed by atoms with Crippen LogP contribution >= 0.6 is 0 Å². The number of rotatable bonds is 4. The predicted octanol–water partition coefficient (Wildman–Crippen LogP) is 1.33. The second-order valence-corrected chi connectivity index (χ2v) is 7.21. The van der Waals surface area contributed by atoms with Crippen LogP contribution in [-0.4, -0.2) is 50.2 Å². The summed E-state index contributed by atoms with van der Waals surface area (Å²) < 4.78 is 32.4. The molecule has 0 unspecified atom stereocenters. The lowest BCUT2D eigenvalue weighted by molar-refractivity contribution is -0.134. The number of benzene rings is 1. The van der Waals surface area contributed by atoms with Crippen LogP contribution in [0.4, 0.5) is 0 Å². The Bertz CT molecular complexity index is 711. The maximum atomic E-state index is 12.6. The topological polar surface area (TPSA) is 66.9 Å². The number of hydrogen-bond acceptors (Lipinski definition) is 4. The molecule has 0 bridgehead atoms. The third kappa shape index (κ3) is 4.51. The Hall–Kier alpha value is -1.96. The van der Waals surface area contributed by atoms with Gasteiger partial charge < -0.3 is 4.74 Å². The van der Waals surface area contributed by atoms with Crippen LogP contribution in [0.25, 0.3) is 0 Å². The number of nitrogens with zero attached hydrogens (tertiary/aromatic N) is 2. The molecule has 1 aromatic carbocycles. The first-order valence-corrected chi connectivity index (χ1v) is 8.53. The Morgan fingerprint density at radius 3 is 2.65 bits per heavy atom. The molecule has 0 aromatic heterocycles. The summed E-state index contributed by atoms with van der Waals surface area (Å²) in [5.74, 6) is -0.471. The molecule has 23 heavy (non-hydrogen) atoms. The van der Waals surface area contributed by atoms with E-state index in [9.17, 15) is 13.2 Å². The Kier molecular flexibility index (Phi) is 5.70. The fourth-order valence-electron chi connectivity index (χ4n) is 2.21. The van der Waals surface area contributed by atoms with Crippen LogP contribution in [0.3, 0.4) is 0 Å². The Morgan fingerprint density at radius 1 is 1.30 bits per heavy atom. The van der Waals surface area contributed by atoms with Gasteiger partial charge in [0.15, 0.2) is 0 Å². The van der Waals surface area contributed by atoms with Crippen molar-refractivity contribution in [2.75, 3.05) is 27.2 Å². The highest BCUT2D eigenvalue weighted by Crippen LogP contribution is 2.18. The second kappa shape index (κ2) is 7.54. The molecule has 0 spiro atoms. The van der Waals surface area contributed by atoms with E-state index in [2.05, 4.69) is 4.74 Å². The Balaban J connectivity index is 2.20. The average molecular weight is 336 g/mol. The van der Waals surface area contributed by atoms with E-state index in [1.165, 1.54) is 28.8 Å². The Labute approximate surface area is 136 Å². The summed E-state index contributed by atoms with van der Waals surface area (Å²) >= 11 is 0. The summed E-state index contributed by atoms with van der Waals surface area (Å²) in [6.45, 7) is 0.765. The van der Waals surface area contributed by atoms with Gasteiger partial charge in [-0.2, -0.15) is 17.0 Å². The molecule has 0 N–H and O–H groups in total. The van der Waals surface area contributed by atoms with E-state index in [0.717, 1.165) is 11.1 Å². The maximum Gasteiger partial charge on any atom is 0.330 e. The van der Waals surface area contributed by atoms with Gasteiger partial charge in [-0.25, -0.2) is 4.79 Å². The lowest BCUT2D eigenvalue weighted by atomic mass is 10.2. The van der Waals surface area contributed by atoms with Gasteiger partial charge in [0.1, 0.15) is 0 Å². The van der Waals surface area contributed by atoms with Crippen LogP contribution in [0.2, 0.25) is 0 Å². The summed E-state index contributed by atoms with van der Waals surface area (Å²) in [5, 5.41) is 0. The number of likely N-dealkylation sites (N-methyl/N-ethyl adjacent to an activating group) is 1. The number of methoxy groups -OCH3 is 1. The average Bonchev–Trinajstić information content (AvgIpc) is 2.65. The van der Waals surface area contributed by atoms with Gasteiger partial charge in [-0.3, -0.25) is 0 Å². The van der Waals surface area contributed by atoms with E-state index < -0.39 is 16.2 Å². The molecular weight excluding hydrogens is 316 g/mol. The van der Waals surface area contributed by atoms with Crippen molar-refractivity contribution in [2.45, 2.75) is 6.54 Å². The second-order valence-electron chi connectivity index (χ2n) is 5.18. The lowest BCUT2D eigenvalue weighted by Crippen LogP contribution is -2.40. The summed E-state index contributed by atoms with van der Waals surface area (Å²) in [6.07, 6.45) is 4.69. The van der Waals surface area contributed by atoms with Crippen molar-refractivity contribution in [3.63, 3.8) is 0 Å². The van der Waals surface area contributed by atoms with Crippen molar-refractivity contribution < 1.29 is 17.9 Å². The molecule has 2 rings (SSSR count). The molecule has 0 fully saturated rings. The number of carbonyl (C=O) groups is 1. The van der Waals surface area contributed by atoms with Crippen molar-refractivity contribution in [3.8, 4) is 0 Å². The number of carbonyl (C=O) groups excluding carboxylic acids is 1. The highest BCUT2D eigenvalue weighted by Gasteiger charge is 2.29. The smallest absolute Gasteiger partial charge is 0.330 e. The molecule has 0 saturated heterocycles. The molecular formula is C16H20N2O4S. The normalized spacial score (nSPS) is 19.3. The van der Waals surface area contributed by atoms with E-state index in [0.29, 0.717) is 6.54 Å². The zero-order valence-corrected chi connectivity index (χ0v) is 14.0. The van der Waals surface area contributed by atoms with Gasteiger partial charge >= 0.3 is 5.97 Å². The number of esters is 1. The molecule has 0 atom stereocenters. The molecule has 0 radical (unpaired) electrons. The van der Waals surface area contributed by atoms with E-state index in [1.807, 2.05) is 36.4 Å². The van der Waals surface area contributed by atoms with Gasteiger partial charge in [0.05, 0.1) is 7.11 Å². The van der Waals surface area contributed by atoms with Crippen LogP contribution in [0.5, 0.6) is 0 Å². The predicted molar refractivity (Wildman–Crippen MR) is 87.6 cm³/mol. The highest BCUT2D eigenvalue weighted by molar-refractivity contribution is 7.86. The van der Waals surface area contributed by atoms with Gasteiger partial charge in [-0.1, -0.05) is 42.5 Å². The molecule has 7 heteroatoms. The van der Waals surface area contributed by atoms with Crippen LogP contribution in [0.15, 0.2) is 54.1 Å². The van der Waals surface area contributed by atoms with Crippen LogP contribution in [0, 0.1) is 0 Å². The van der Waals surface area contributed by atoms with Crippen molar-refractivity contribution in [3.05, 3.63) is 59.7 Å². The highest BCUT2D eigenvalue weighted by atomic mass is 32.2. The first-order chi connectivity index (χ1) is 10.9. The third-order valence-corrected chi connectivity index (χ3v) is 5.37. The van der Waals surface area contributed by atoms with Gasteiger partial charge in [-0.15, -0.1) is 0 Å². The zero-order chi connectivity index (χ0) is 16.9. The van der Waals surface area contributed by atoms with Gasteiger partial charge in [0.25, 0.3) is 10.2 Å².